The molecule has 0 unspecified atom stereocenters. The van der Waals surface area contributed by atoms with Gasteiger partial charge in [-0.05, 0) is 30.0 Å². The van der Waals surface area contributed by atoms with E-state index in [9.17, 15) is 10.0 Å². The number of ether oxygens (including phenoxy) is 2. The Morgan fingerprint density at radius 3 is 2.77 bits per heavy atom. The van der Waals surface area contributed by atoms with Crippen LogP contribution in [-0.4, -0.2) is 25.9 Å². The summed E-state index contributed by atoms with van der Waals surface area (Å²) in [7, 11) is 3.07. The average Bonchev–Trinajstić information content (AvgIpc) is 2.54. The van der Waals surface area contributed by atoms with E-state index in [-0.39, 0.29) is 11.7 Å². The van der Waals surface area contributed by atoms with Gasteiger partial charge >= 0.3 is 0 Å². The fourth-order valence-electron chi connectivity index (χ4n) is 1.76. The minimum absolute atomic E-state index is 0.118. The number of nitrogens with one attached hydrogen (secondary N) is 1. The third-order valence-corrected chi connectivity index (χ3v) is 3.84. The quantitative estimate of drug-likeness (QED) is 0.501. The van der Waals surface area contributed by atoms with Gasteiger partial charge in [-0.1, -0.05) is 0 Å². The van der Waals surface area contributed by atoms with E-state index in [0.717, 1.165) is 16.5 Å². The number of rotatable bonds is 6. The highest BCUT2D eigenvalue weighted by Crippen LogP contribution is 2.29. The van der Waals surface area contributed by atoms with Crippen molar-refractivity contribution in [2.24, 2.45) is 0 Å². The second kappa shape index (κ2) is 7.56. The molecule has 0 aliphatic rings. The summed E-state index contributed by atoms with van der Waals surface area (Å²) < 4.78 is 11.0. The number of amides is 1. The molecule has 7 heteroatoms. The van der Waals surface area contributed by atoms with E-state index in [1.54, 1.807) is 43.5 Å². The lowest BCUT2D eigenvalue weighted by atomic mass is 10.2. The van der Waals surface area contributed by atoms with Gasteiger partial charge in [-0.25, -0.2) is 0 Å². The summed E-state index contributed by atoms with van der Waals surface area (Å²) in [5.41, 5.74) is 0.524. The van der Waals surface area contributed by atoms with Crippen molar-refractivity contribution in [2.75, 3.05) is 25.3 Å². The Kier molecular flexibility index (Phi) is 5.48. The normalized spacial score (nSPS) is 10.1. The van der Waals surface area contributed by atoms with Gasteiger partial charge in [-0.3, -0.25) is 4.79 Å². The topological polar surface area (TPSA) is 74.5 Å². The highest BCUT2D eigenvalue weighted by Gasteiger charge is 2.12. The molecule has 0 bridgehead atoms. The number of pyridine rings is 1. The fourth-order valence-corrected chi connectivity index (χ4v) is 2.48. The highest BCUT2D eigenvalue weighted by molar-refractivity contribution is 7.99. The maximum atomic E-state index is 12.0. The third-order valence-electron chi connectivity index (χ3n) is 2.82. The van der Waals surface area contributed by atoms with Gasteiger partial charge in [-0.2, -0.15) is 4.73 Å². The molecule has 2 rings (SSSR count). The number of methoxy groups -OCH3 is 2. The summed E-state index contributed by atoms with van der Waals surface area (Å²) in [6.45, 7) is 0. The Balaban J connectivity index is 2.01. The zero-order valence-corrected chi connectivity index (χ0v) is 13.1. The van der Waals surface area contributed by atoms with E-state index in [4.69, 9.17) is 9.47 Å². The van der Waals surface area contributed by atoms with Gasteiger partial charge in [-0.15, -0.1) is 0 Å². The molecule has 0 aliphatic carbocycles. The maximum absolute atomic E-state index is 12.0. The van der Waals surface area contributed by atoms with E-state index in [0.29, 0.717) is 22.2 Å². The first-order chi connectivity index (χ1) is 10.6. The molecule has 1 N–H and O–H groups in total. The fraction of sp³-hybridized carbons (Fsp3) is 0.200. The van der Waals surface area contributed by atoms with Crippen molar-refractivity contribution in [2.45, 2.75) is 5.03 Å². The van der Waals surface area contributed by atoms with Crippen LogP contribution in [-0.2, 0) is 4.79 Å². The van der Waals surface area contributed by atoms with Gasteiger partial charge in [0.05, 0.1) is 25.7 Å². The molecule has 1 amide bonds. The minimum Gasteiger partial charge on any atom is -0.618 e. The number of carbonyl (C=O) groups is 1. The lowest BCUT2D eigenvalue weighted by Gasteiger charge is -2.11. The zero-order chi connectivity index (χ0) is 15.9. The number of aromatic nitrogens is 1. The van der Waals surface area contributed by atoms with Crippen LogP contribution in [0.25, 0.3) is 0 Å². The van der Waals surface area contributed by atoms with Crippen LogP contribution in [0.2, 0.25) is 0 Å². The van der Waals surface area contributed by atoms with Crippen molar-refractivity contribution in [3.05, 3.63) is 47.8 Å². The molecular weight excluding hydrogens is 304 g/mol. The van der Waals surface area contributed by atoms with Crippen LogP contribution in [0.15, 0.2) is 47.6 Å². The molecule has 0 atom stereocenters. The van der Waals surface area contributed by atoms with Crippen molar-refractivity contribution in [3.8, 4) is 11.5 Å². The van der Waals surface area contributed by atoms with Crippen molar-refractivity contribution in [3.63, 3.8) is 0 Å². The van der Waals surface area contributed by atoms with Crippen LogP contribution in [0.4, 0.5) is 5.69 Å². The number of nitrogens with zero attached hydrogens (tertiary/aromatic N) is 1. The molecule has 22 heavy (non-hydrogen) atoms. The third kappa shape index (κ3) is 4.05. The monoisotopic (exact) mass is 320 g/mol. The van der Waals surface area contributed by atoms with Gasteiger partial charge < -0.3 is 20.0 Å². The molecule has 6 nitrogen and oxygen atoms in total. The molecule has 0 saturated heterocycles. The van der Waals surface area contributed by atoms with Crippen LogP contribution in [0, 0.1) is 5.21 Å². The van der Waals surface area contributed by atoms with Crippen LogP contribution in [0.1, 0.15) is 0 Å². The van der Waals surface area contributed by atoms with E-state index >= 15 is 0 Å². The molecule has 2 aromatic rings. The van der Waals surface area contributed by atoms with Gasteiger partial charge in [0, 0.05) is 18.2 Å². The van der Waals surface area contributed by atoms with E-state index < -0.39 is 0 Å². The largest absolute Gasteiger partial charge is 0.618 e. The maximum Gasteiger partial charge on any atom is 0.251 e. The smallest absolute Gasteiger partial charge is 0.251 e. The zero-order valence-electron chi connectivity index (χ0n) is 12.2. The van der Waals surface area contributed by atoms with Crippen LogP contribution < -0.4 is 19.5 Å². The second-order valence-corrected chi connectivity index (χ2v) is 5.26. The standard InChI is InChI=1S/C15H16N2O4S/c1-20-11-6-7-13(21-2)12(9-11)16-14(18)10-22-15-5-3-4-8-17(15)19/h3-9H,10H2,1-2H3,(H,16,18). The Hall–Kier alpha value is -2.41. The number of hydrogen-bond acceptors (Lipinski definition) is 5. The molecule has 0 saturated carbocycles. The number of benzene rings is 1. The molecule has 1 heterocycles. The van der Waals surface area contributed by atoms with Gasteiger partial charge in [0.25, 0.3) is 5.03 Å². The Morgan fingerprint density at radius 1 is 1.27 bits per heavy atom. The summed E-state index contributed by atoms with van der Waals surface area (Å²) in [6.07, 6.45) is 1.39. The first-order valence-corrected chi connectivity index (χ1v) is 7.45. The molecular formula is C15H16N2O4S. The highest BCUT2D eigenvalue weighted by atomic mass is 32.2. The summed E-state index contributed by atoms with van der Waals surface area (Å²) in [5.74, 6) is 1.04. The van der Waals surface area contributed by atoms with Crippen molar-refractivity contribution < 1.29 is 19.0 Å². The summed E-state index contributed by atoms with van der Waals surface area (Å²) in [6, 6.07) is 10.2. The van der Waals surface area contributed by atoms with Gasteiger partial charge in [0.15, 0.2) is 6.20 Å². The number of hydrogen-bond donors (Lipinski definition) is 1. The number of thioether (sulfide) groups is 1. The summed E-state index contributed by atoms with van der Waals surface area (Å²) >= 11 is 1.16. The van der Waals surface area contributed by atoms with E-state index in [1.807, 2.05) is 0 Å². The molecule has 0 aliphatic heterocycles. The molecule has 0 fully saturated rings. The SMILES string of the molecule is COc1ccc(OC)c(NC(=O)CSc2cccc[n+]2[O-])c1. The van der Waals surface area contributed by atoms with Crippen LogP contribution in [0.5, 0.6) is 11.5 Å². The van der Waals surface area contributed by atoms with Crippen molar-refractivity contribution in [1.29, 1.82) is 0 Å². The first kappa shape index (κ1) is 16.0. The van der Waals surface area contributed by atoms with E-state index in [1.165, 1.54) is 13.3 Å². The van der Waals surface area contributed by atoms with Crippen molar-refractivity contribution in [1.82, 2.24) is 0 Å². The molecule has 116 valence electrons. The van der Waals surface area contributed by atoms with Gasteiger partial charge in [0.1, 0.15) is 11.5 Å². The van der Waals surface area contributed by atoms with Gasteiger partial charge in [0.2, 0.25) is 5.91 Å². The summed E-state index contributed by atoms with van der Waals surface area (Å²) in [5, 5.41) is 14.7. The predicted molar refractivity (Wildman–Crippen MR) is 84.3 cm³/mol. The predicted octanol–water partition coefficient (Wildman–Crippen LogP) is 2.07. The molecule has 1 aromatic carbocycles. The molecule has 0 spiro atoms. The first-order valence-electron chi connectivity index (χ1n) is 6.47. The molecule has 0 radical (unpaired) electrons. The summed E-state index contributed by atoms with van der Waals surface area (Å²) in [4.78, 5) is 12.0. The molecule has 1 aromatic heterocycles. The Labute approximate surface area is 132 Å². The minimum atomic E-state index is -0.236. The van der Waals surface area contributed by atoms with Crippen molar-refractivity contribution >= 4 is 23.4 Å². The van der Waals surface area contributed by atoms with Crippen LogP contribution >= 0.6 is 11.8 Å². The number of anilines is 1. The lowest BCUT2D eigenvalue weighted by Crippen LogP contribution is -2.28. The lowest BCUT2D eigenvalue weighted by molar-refractivity contribution is -0.645. The van der Waals surface area contributed by atoms with Crippen LogP contribution in [0.3, 0.4) is 0 Å². The average molecular weight is 320 g/mol. The number of carbonyl (C=O) groups excluding carboxylic acids is 1. The van der Waals surface area contributed by atoms with E-state index in [2.05, 4.69) is 5.32 Å². The second-order valence-electron chi connectivity index (χ2n) is 4.27. The Morgan fingerprint density at radius 2 is 2.09 bits per heavy atom. The Bertz CT molecular complexity index is 664.